The molecule has 0 aliphatic rings. The Bertz CT molecular complexity index is 1700. The molecule has 0 aliphatic carbocycles. The predicted octanol–water partition coefficient (Wildman–Crippen LogP) is 3.13. The van der Waals surface area contributed by atoms with Crippen LogP contribution in [0.25, 0.3) is 27.5 Å². The van der Waals surface area contributed by atoms with Crippen molar-refractivity contribution in [3.05, 3.63) is 103 Å². The summed E-state index contributed by atoms with van der Waals surface area (Å²) in [5, 5.41) is 0.851. The Kier molecular flexibility index (Phi) is 4.90. The largest absolute Gasteiger partial charge is 0.399 e. The van der Waals surface area contributed by atoms with Crippen molar-refractivity contribution in [2.45, 2.75) is 6.54 Å². The number of nitrogens with zero attached hydrogens (tertiary/aromatic N) is 2. The molecule has 1 amide bonds. The fraction of sp³-hybridized carbons (Fsp3) is 0.0417. The molecule has 0 atom stereocenters. The molecule has 2 heterocycles. The number of hydrogen-bond donors (Lipinski definition) is 3. The summed E-state index contributed by atoms with van der Waals surface area (Å²) >= 11 is 3.45. The molecule has 0 spiro atoms. The summed E-state index contributed by atoms with van der Waals surface area (Å²) in [6.07, 6.45) is 0. The van der Waals surface area contributed by atoms with Crippen molar-refractivity contribution in [1.29, 1.82) is 0 Å². The van der Waals surface area contributed by atoms with E-state index in [4.69, 9.17) is 11.5 Å². The van der Waals surface area contributed by atoms with Crippen molar-refractivity contribution >= 4 is 49.3 Å². The highest BCUT2D eigenvalue weighted by molar-refractivity contribution is 9.10. The Morgan fingerprint density at radius 2 is 1.76 bits per heavy atom. The Balaban J connectivity index is 1.91. The predicted molar refractivity (Wildman–Crippen MR) is 132 cm³/mol. The van der Waals surface area contributed by atoms with Crippen molar-refractivity contribution < 1.29 is 4.79 Å². The Morgan fingerprint density at radius 1 is 0.970 bits per heavy atom. The van der Waals surface area contributed by atoms with Gasteiger partial charge in [-0.15, -0.1) is 0 Å². The molecular formula is C24H18BrN5O3. The molecule has 3 aromatic carbocycles. The lowest BCUT2D eigenvalue weighted by Crippen LogP contribution is -2.35. The van der Waals surface area contributed by atoms with Gasteiger partial charge < -0.3 is 21.0 Å². The number of carbonyl (C=O) groups is 1. The van der Waals surface area contributed by atoms with E-state index in [-0.39, 0.29) is 17.9 Å². The first-order chi connectivity index (χ1) is 15.8. The van der Waals surface area contributed by atoms with E-state index in [1.165, 1.54) is 0 Å². The smallest absolute Gasteiger partial charge is 0.333 e. The third kappa shape index (κ3) is 3.42. The molecule has 0 bridgehead atoms. The van der Waals surface area contributed by atoms with Crippen LogP contribution in [0.2, 0.25) is 0 Å². The van der Waals surface area contributed by atoms with Crippen LogP contribution in [0.4, 0.5) is 5.69 Å². The van der Waals surface area contributed by atoms with E-state index in [0.717, 1.165) is 14.6 Å². The van der Waals surface area contributed by atoms with E-state index in [2.05, 4.69) is 20.9 Å². The molecule has 0 saturated carbocycles. The van der Waals surface area contributed by atoms with Crippen LogP contribution >= 0.6 is 15.9 Å². The second-order valence-corrected chi connectivity index (χ2v) is 8.59. The number of benzene rings is 3. The number of hydrogen-bond acceptors (Lipinski definition) is 4. The van der Waals surface area contributed by atoms with Gasteiger partial charge in [0.15, 0.2) is 0 Å². The Labute approximate surface area is 195 Å². The number of fused-ring (bicyclic) bond motifs is 2. The van der Waals surface area contributed by atoms with Gasteiger partial charge in [-0.1, -0.05) is 40.2 Å². The summed E-state index contributed by atoms with van der Waals surface area (Å²) in [6, 6.07) is 19.3. The highest BCUT2D eigenvalue weighted by Crippen LogP contribution is 2.32. The van der Waals surface area contributed by atoms with Crippen molar-refractivity contribution in [2.75, 3.05) is 5.73 Å². The number of amides is 1. The van der Waals surface area contributed by atoms with E-state index in [9.17, 15) is 14.4 Å². The topological polar surface area (TPSA) is 129 Å². The van der Waals surface area contributed by atoms with Gasteiger partial charge in [0.05, 0.1) is 22.1 Å². The second-order valence-electron chi connectivity index (χ2n) is 7.67. The van der Waals surface area contributed by atoms with E-state index in [1.54, 1.807) is 47.0 Å². The summed E-state index contributed by atoms with van der Waals surface area (Å²) < 4.78 is 3.40. The summed E-state index contributed by atoms with van der Waals surface area (Å²) in [4.78, 5) is 42.0. The number of primary amides is 1. The third-order valence-electron chi connectivity index (χ3n) is 5.55. The quantitative estimate of drug-likeness (QED) is 0.325. The molecule has 0 fully saturated rings. The number of nitrogen functional groups attached to an aromatic ring is 1. The fourth-order valence-corrected chi connectivity index (χ4v) is 4.55. The number of aromatic amines is 1. The van der Waals surface area contributed by atoms with E-state index in [0.29, 0.717) is 27.5 Å². The van der Waals surface area contributed by atoms with Gasteiger partial charge in [-0.05, 0) is 48.0 Å². The number of halogens is 1. The van der Waals surface area contributed by atoms with Gasteiger partial charge in [0, 0.05) is 22.1 Å². The number of para-hydroxylation sites is 1. The standard InChI is InChI=1S/C24H18BrN5O3/c25-14-8-9-19-17(11-14)20(30-23(32)16-6-1-2-7-18(16)28-24(30)33)21(22(27)31)29(19)12-13-4-3-5-15(26)10-13/h1-11H,12,26H2,(H2,27,31)(H,28,33). The molecule has 5 aromatic rings. The lowest BCUT2D eigenvalue weighted by atomic mass is 10.2. The van der Waals surface area contributed by atoms with Gasteiger partial charge in [0.2, 0.25) is 0 Å². The normalized spacial score (nSPS) is 11.3. The molecule has 164 valence electrons. The van der Waals surface area contributed by atoms with Crippen LogP contribution in [0.1, 0.15) is 16.1 Å². The van der Waals surface area contributed by atoms with Crippen molar-refractivity contribution in [2.24, 2.45) is 5.73 Å². The summed E-state index contributed by atoms with van der Waals surface area (Å²) in [6.45, 7) is 0.266. The molecule has 0 saturated heterocycles. The molecule has 33 heavy (non-hydrogen) atoms. The zero-order valence-electron chi connectivity index (χ0n) is 17.2. The zero-order valence-corrected chi connectivity index (χ0v) is 18.8. The summed E-state index contributed by atoms with van der Waals surface area (Å²) in [7, 11) is 0. The maximum absolute atomic E-state index is 13.4. The van der Waals surface area contributed by atoms with Gasteiger partial charge in [0.25, 0.3) is 11.5 Å². The maximum atomic E-state index is 13.4. The minimum atomic E-state index is -0.763. The van der Waals surface area contributed by atoms with Gasteiger partial charge in [-0.25, -0.2) is 9.36 Å². The minimum absolute atomic E-state index is 0.0494. The van der Waals surface area contributed by atoms with Crippen LogP contribution in [0.5, 0.6) is 0 Å². The molecule has 0 radical (unpaired) electrons. The van der Waals surface area contributed by atoms with Crippen molar-refractivity contribution in [1.82, 2.24) is 14.1 Å². The molecule has 0 unspecified atom stereocenters. The number of rotatable bonds is 4. The molecule has 8 nitrogen and oxygen atoms in total. The summed E-state index contributed by atoms with van der Waals surface area (Å²) in [5.41, 5.74) is 13.2. The second kappa shape index (κ2) is 7.79. The van der Waals surface area contributed by atoms with Crippen LogP contribution in [0.3, 0.4) is 0 Å². The van der Waals surface area contributed by atoms with Gasteiger partial charge >= 0.3 is 5.69 Å². The van der Waals surface area contributed by atoms with Crippen LogP contribution in [0.15, 0.2) is 80.8 Å². The van der Waals surface area contributed by atoms with Crippen LogP contribution in [-0.2, 0) is 6.54 Å². The lowest BCUT2D eigenvalue weighted by molar-refractivity contribution is 0.0992. The fourth-order valence-electron chi connectivity index (χ4n) is 4.19. The Morgan fingerprint density at radius 3 is 2.52 bits per heavy atom. The van der Waals surface area contributed by atoms with Crippen molar-refractivity contribution in [3.63, 3.8) is 0 Å². The molecule has 9 heteroatoms. The number of nitrogens with one attached hydrogen (secondary N) is 1. The number of H-pyrrole nitrogens is 1. The minimum Gasteiger partial charge on any atom is -0.399 e. The van der Waals surface area contributed by atoms with Gasteiger partial charge in [-0.3, -0.25) is 9.59 Å². The highest BCUT2D eigenvalue weighted by atomic mass is 79.9. The number of nitrogens with two attached hydrogens (primary N) is 2. The summed E-state index contributed by atoms with van der Waals surface area (Å²) in [5.74, 6) is -0.763. The monoisotopic (exact) mass is 503 g/mol. The van der Waals surface area contributed by atoms with Crippen LogP contribution in [0, 0.1) is 0 Å². The molecular weight excluding hydrogens is 486 g/mol. The third-order valence-corrected chi connectivity index (χ3v) is 6.05. The number of aromatic nitrogens is 3. The maximum Gasteiger partial charge on any atom is 0.333 e. The molecule has 0 aliphatic heterocycles. The molecule has 5 N–H and O–H groups in total. The van der Waals surface area contributed by atoms with Crippen LogP contribution in [-0.4, -0.2) is 20.0 Å². The van der Waals surface area contributed by atoms with Gasteiger partial charge in [0.1, 0.15) is 5.69 Å². The van der Waals surface area contributed by atoms with E-state index >= 15 is 0 Å². The van der Waals surface area contributed by atoms with Crippen LogP contribution < -0.4 is 22.7 Å². The van der Waals surface area contributed by atoms with E-state index < -0.39 is 17.2 Å². The first kappa shape index (κ1) is 20.8. The first-order valence-corrected chi connectivity index (χ1v) is 10.8. The molecule has 2 aromatic heterocycles. The van der Waals surface area contributed by atoms with Crippen molar-refractivity contribution in [3.8, 4) is 5.69 Å². The van der Waals surface area contributed by atoms with E-state index in [1.807, 2.05) is 24.3 Å². The number of anilines is 1. The SMILES string of the molecule is NC(=O)c1c(-n2c(=O)[nH]c3ccccc3c2=O)c2cc(Br)ccc2n1Cc1cccc(N)c1. The zero-order chi connectivity index (χ0) is 23.3. The lowest BCUT2D eigenvalue weighted by Gasteiger charge is -2.11. The van der Waals surface area contributed by atoms with Gasteiger partial charge in [-0.2, -0.15) is 0 Å². The first-order valence-electron chi connectivity index (χ1n) is 10.1. The average molecular weight is 504 g/mol. The average Bonchev–Trinajstić information content (AvgIpc) is 3.07. The molecule has 5 rings (SSSR count). The highest BCUT2D eigenvalue weighted by Gasteiger charge is 2.25. The number of carbonyl (C=O) groups excluding carboxylic acids is 1. The Hall–Kier alpha value is -4.11.